The molecule has 4 heteroatoms. The second kappa shape index (κ2) is 10.1. The van der Waals surface area contributed by atoms with Crippen molar-refractivity contribution in [3.05, 3.63) is 54.1 Å². The summed E-state index contributed by atoms with van der Waals surface area (Å²) in [4.78, 5) is 2.41. The molecule has 132 valence electrons. The zero-order valence-corrected chi connectivity index (χ0v) is 15.8. The van der Waals surface area contributed by atoms with E-state index in [2.05, 4.69) is 61.2 Å². The molecule has 0 aliphatic heterocycles. The van der Waals surface area contributed by atoms with Crippen LogP contribution in [0.1, 0.15) is 25.8 Å². The van der Waals surface area contributed by atoms with Gasteiger partial charge in [-0.15, -0.1) is 12.4 Å². The van der Waals surface area contributed by atoms with Gasteiger partial charge in [-0.1, -0.05) is 30.3 Å². The minimum atomic E-state index is 0. The van der Waals surface area contributed by atoms with Gasteiger partial charge in [0, 0.05) is 24.3 Å². The van der Waals surface area contributed by atoms with Crippen LogP contribution in [0.3, 0.4) is 0 Å². The van der Waals surface area contributed by atoms with Crippen molar-refractivity contribution >= 4 is 18.1 Å². The molecule has 0 saturated carbocycles. The molecule has 0 unspecified atom stereocenters. The van der Waals surface area contributed by atoms with Crippen molar-refractivity contribution in [3.8, 4) is 11.5 Å². The Bertz CT molecular complexity index is 602. The van der Waals surface area contributed by atoms with Crippen LogP contribution in [0.15, 0.2) is 48.5 Å². The van der Waals surface area contributed by atoms with E-state index in [1.807, 2.05) is 6.07 Å². The van der Waals surface area contributed by atoms with Crippen molar-refractivity contribution in [1.82, 2.24) is 0 Å². The molecule has 0 saturated heterocycles. The highest BCUT2D eigenvalue weighted by molar-refractivity contribution is 5.85. The molecule has 2 aromatic carbocycles. The lowest BCUT2D eigenvalue weighted by molar-refractivity contribution is 0.355. The highest BCUT2D eigenvalue weighted by Gasteiger charge is 2.13. The second-order valence-electron chi connectivity index (χ2n) is 5.92. The summed E-state index contributed by atoms with van der Waals surface area (Å²) in [6, 6.07) is 17.2. The predicted octanol–water partition coefficient (Wildman–Crippen LogP) is 4.97. The molecule has 3 nitrogen and oxygen atoms in total. The van der Waals surface area contributed by atoms with E-state index in [-0.39, 0.29) is 12.4 Å². The topological polar surface area (TPSA) is 21.7 Å². The van der Waals surface area contributed by atoms with Gasteiger partial charge in [-0.2, -0.15) is 0 Å². The van der Waals surface area contributed by atoms with Crippen molar-refractivity contribution in [2.24, 2.45) is 0 Å². The van der Waals surface area contributed by atoms with E-state index in [4.69, 9.17) is 9.47 Å². The first kappa shape index (κ1) is 20.2. The van der Waals surface area contributed by atoms with Crippen molar-refractivity contribution in [1.29, 1.82) is 0 Å². The molecule has 0 aliphatic rings. The number of rotatable bonds is 8. The van der Waals surface area contributed by atoms with E-state index in [9.17, 15) is 0 Å². The number of anilines is 1. The summed E-state index contributed by atoms with van der Waals surface area (Å²) < 4.78 is 10.8. The van der Waals surface area contributed by atoms with Gasteiger partial charge in [0.1, 0.15) is 0 Å². The van der Waals surface area contributed by atoms with Crippen LogP contribution in [0, 0.1) is 0 Å². The molecule has 0 bridgehead atoms. The molecule has 0 atom stereocenters. The maximum Gasteiger partial charge on any atom is 0.162 e. The van der Waals surface area contributed by atoms with Gasteiger partial charge in [0.05, 0.1) is 14.2 Å². The van der Waals surface area contributed by atoms with Crippen molar-refractivity contribution in [2.75, 3.05) is 25.7 Å². The Labute approximate surface area is 152 Å². The normalized spacial score (nSPS) is 10.2. The van der Waals surface area contributed by atoms with E-state index < -0.39 is 0 Å². The van der Waals surface area contributed by atoms with Gasteiger partial charge in [0.25, 0.3) is 0 Å². The van der Waals surface area contributed by atoms with Gasteiger partial charge in [-0.25, -0.2) is 0 Å². The molecule has 0 radical (unpaired) electrons. The fraction of sp³-hybridized carbons (Fsp3) is 0.400. The van der Waals surface area contributed by atoms with E-state index in [1.54, 1.807) is 14.2 Å². The SMILES string of the molecule is COc1ccc(N(CCCc2ccccc2)C(C)C)cc1OC.Cl. The van der Waals surface area contributed by atoms with Crippen LogP contribution in [0.2, 0.25) is 0 Å². The Kier molecular flexibility index (Phi) is 8.48. The summed E-state index contributed by atoms with van der Waals surface area (Å²) >= 11 is 0. The van der Waals surface area contributed by atoms with Crippen LogP contribution in [-0.4, -0.2) is 26.8 Å². The third kappa shape index (κ3) is 5.34. The summed E-state index contributed by atoms with van der Waals surface area (Å²) in [6.45, 7) is 5.46. The summed E-state index contributed by atoms with van der Waals surface area (Å²) in [6.07, 6.45) is 2.22. The number of methoxy groups -OCH3 is 2. The van der Waals surface area contributed by atoms with E-state index in [0.717, 1.165) is 30.9 Å². The summed E-state index contributed by atoms with van der Waals surface area (Å²) in [5.74, 6) is 1.54. The smallest absolute Gasteiger partial charge is 0.162 e. The quantitative estimate of drug-likeness (QED) is 0.671. The Balaban J connectivity index is 0.00000288. The van der Waals surface area contributed by atoms with Gasteiger partial charge < -0.3 is 14.4 Å². The van der Waals surface area contributed by atoms with Crippen LogP contribution in [0.4, 0.5) is 5.69 Å². The molecular weight excluding hydrogens is 322 g/mol. The first-order valence-corrected chi connectivity index (χ1v) is 8.18. The summed E-state index contributed by atoms with van der Waals surface area (Å²) in [5.41, 5.74) is 2.56. The monoisotopic (exact) mass is 349 g/mol. The van der Waals surface area contributed by atoms with Crippen molar-refractivity contribution < 1.29 is 9.47 Å². The lowest BCUT2D eigenvalue weighted by Crippen LogP contribution is -2.32. The van der Waals surface area contributed by atoms with Gasteiger partial charge >= 0.3 is 0 Å². The number of hydrogen-bond acceptors (Lipinski definition) is 3. The standard InChI is InChI=1S/C20H27NO2.ClH/c1-16(2)21(14-8-11-17-9-6-5-7-10-17)18-12-13-19(22-3)20(15-18)23-4;/h5-7,9-10,12-13,15-16H,8,11,14H2,1-4H3;1H. The fourth-order valence-corrected chi connectivity index (χ4v) is 2.79. The highest BCUT2D eigenvalue weighted by Crippen LogP contribution is 2.32. The number of benzene rings is 2. The number of nitrogens with zero attached hydrogens (tertiary/aromatic N) is 1. The molecule has 24 heavy (non-hydrogen) atoms. The summed E-state index contributed by atoms with van der Waals surface area (Å²) in [5, 5.41) is 0. The number of ether oxygens (including phenoxy) is 2. The average Bonchev–Trinajstić information content (AvgIpc) is 2.58. The van der Waals surface area contributed by atoms with Crippen LogP contribution < -0.4 is 14.4 Å². The van der Waals surface area contributed by atoms with Crippen LogP contribution in [0.25, 0.3) is 0 Å². The molecule has 2 rings (SSSR count). The number of halogens is 1. The van der Waals surface area contributed by atoms with Gasteiger partial charge in [0.2, 0.25) is 0 Å². The van der Waals surface area contributed by atoms with Crippen molar-refractivity contribution in [2.45, 2.75) is 32.7 Å². The van der Waals surface area contributed by atoms with E-state index in [1.165, 1.54) is 11.3 Å². The Morgan fingerprint density at radius 3 is 2.17 bits per heavy atom. The van der Waals surface area contributed by atoms with Crippen LogP contribution in [-0.2, 0) is 6.42 Å². The van der Waals surface area contributed by atoms with E-state index in [0.29, 0.717) is 6.04 Å². The predicted molar refractivity (Wildman–Crippen MR) is 104 cm³/mol. The molecular formula is C20H28ClNO2. The highest BCUT2D eigenvalue weighted by atomic mass is 35.5. The van der Waals surface area contributed by atoms with E-state index >= 15 is 0 Å². The van der Waals surface area contributed by atoms with Gasteiger partial charge in [-0.05, 0) is 44.4 Å². The van der Waals surface area contributed by atoms with Crippen molar-refractivity contribution in [3.63, 3.8) is 0 Å². The summed E-state index contributed by atoms with van der Waals surface area (Å²) in [7, 11) is 3.34. The third-order valence-corrected chi connectivity index (χ3v) is 4.03. The number of aryl methyl sites for hydroxylation is 1. The zero-order chi connectivity index (χ0) is 16.7. The second-order valence-corrected chi connectivity index (χ2v) is 5.92. The van der Waals surface area contributed by atoms with Gasteiger partial charge in [0.15, 0.2) is 11.5 Å². The molecule has 0 spiro atoms. The fourth-order valence-electron chi connectivity index (χ4n) is 2.79. The average molecular weight is 350 g/mol. The Morgan fingerprint density at radius 1 is 0.917 bits per heavy atom. The Hall–Kier alpha value is -1.87. The van der Waals surface area contributed by atoms with Crippen LogP contribution >= 0.6 is 12.4 Å². The minimum absolute atomic E-state index is 0. The zero-order valence-electron chi connectivity index (χ0n) is 15.0. The molecule has 0 aliphatic carbocycles. The lowest BCUT2D eigenvalue weighted by atomic mass is 10.1. The molecule has 0 fully saturated rings. The first-order chi connectivity index (χ1) is 11.2. The van der Waals surface area contributed by atoms with Crippen LogP contribution in [0.5, 0.6) is 11.5 Å². The first-order valence-electron chi connectivity index (χ1n) is 8.18. The number of hydrogen-bond donors (Lipinski definition) is 0. The van der Waals surface area contributed by atoms with Gasteiger partial charge in [-0.3, -0.25) is 0 Å². The lowest BCUT2D eigenvalue weighted by Gasteiger charge is -2.29. The maximum atomic E-state index is 5.43. The molecule has 0 aromatic heterocycles. The molecule has 0 N–H and O–H groups in total. The molecule has 0 heterocycles. The molecule has 0 amide bonds. The third-order valence-electron chi connectivity index (χ3n) is 4.03. The Morgan fingerprint density at radius 2 is 1.58 bits per heavy atom. The minimum Gasteiger partial charge on any atom is -0.493 e. The maximum absolute atomic E-state index is 5.43. The largest absolute Gasteiger partial charge is 0.493 e. The molecule has 2 aromatic rings.